The minimum atomic E-state index is -0.988. The van der Waals surface area contributed by atoms with E-state index in [9.17, 15) is 9.00 Å². The van der Waals surface area contributed by atoms with Crippen molar-refractivity contribution in [1.82, 2.24) is 10.6 Å². The molecule has 112 valence electrons. The number of aliphatic hydroxyl groups is 1. The van der Waals surface area contributed by atoms with Crippen molar-refractivity contribution in [3.05, 3.63) is 29.8 Å². The van der Waals surface area contributed by atoms with E-state index in [-0.39, 0.29) is 24.6 Å². The molecule has 0 saturated carbocycles. The third-order valence-electron chi connectivity index (χ3n) is 3.21. The number of nitrogens with one attached hydrogen (secondary N) is 2. The second kappa shape index (κ2) is 8.01. The number of carbonyl (C=O) groups excluding carboxylic acids is 1. The minimum absolute atomic E-state index is 0.0135. The van der Waals surface area contributed by atoms with E-state index < -0.39 is 10.8 Å². The van der Waals surface area contributed by atoms with Gasteiger partial charge in [0.2, 0.25) is 0 Å². The molecule has 5 nitrogen and oxygen atoms in total. The Morgan fingerprint density at radius 2 is 1.90 bits per heavy atom. The van der Waals surface area contributed by atoms with Gasteiger partial charge in [0.15, 0.2) is 0 Å². The summed E-state index contributed by atoms with van der Waals surface area (Å²) in [5.41, 5.74) is 0.942. The Morgan fingerprint density at radius 3 is 2.40 bits per heavy atom. The first-order valence-corrected chi connectivity index (χ1v) is 8.07. The van der Waals surface area contributed by atoms with Crippen LogP contribution in [0.5, 0.6) is 0 Å². The number of aliphatic hydroxyl groups excluding tert-OH is 1. The summed E-state index contributed by atoms with van der Waals surface area (Å²) >= 11 is 0. The molecule has 0 aromatic heterocycles. The molecule has 20 heavy (non-hydrogen) atoms. The van der Waals surface area contributed by atoms with Crippen molar-refractivity contribution >= 4 is 16.8 Å². The Morgan fingerprint density at radius 1 is 1.30 bits per heavy atom. The van der Waals surface area contributed by atoms with Crippen LogP contribution in [0.4, 0.5) is 4.79 Å². The fraction of sp³-hybridized carbons (Fsp3) is 0.500. The highest BCUT2D eigenvalue weighted by molar-refractivity contribution is 7.84. The molecule has 0 aliphatic carbocycles. The molecule has 0 spiro atoms. The highest BCUT2D eigenvalue weighted by atomic mass is 32.2. The summed E-state index contributed by atoms with van der Waals surface area (Å²) in [4.78, 5) is 12.4. The van der Waals surface area contributed by atoms with Crippen molar-refractivity contribution in [2.75, 3.05) is 12.9 Å². The van der Waals surface area contributed by atoms with Gasteiger partial charge in [-0.25, -0.2) is 4.79 Å². The van der Waals surface area contributed by atoms with E-state index in [1.165, 1.54) is 0 Å². The van der Waals surface area contributed by atoms with Gasteiger partial charge in [0.05, 0.1) is 0 Å². The van der Waals surface area contributed by atoms with Crippen LogP contribution in [0.1, 0.15) is 19.4 Å². The molecular formula is C14H22N2O3S. The van der Waals surface area contributed by atoms with Gasteiger partial charge >= 0.3 is 6.03 Å². The first kappa shape index (κ1) is 16.7. The molecule has 6 heteroatoms. The molecule has 1 aromatic rings. The maximum atomic E-state index is 11.7. The molecular weight excluding hydrogens is 276 g/mol. The van der Waals surface area contributed by atoms with Crippen molar-refractivity contribution in [2.45, 2.75) is 31.3 Å². The lowest BCUT2D eigenvalue weighted by atomic mass is 10.1. The van der Waals surface area contributed by atoms with Crippen molar-refractivity contribution < 1.29 is 14.1 Å². The monoisotopic (exact) mass is 298 g/mol. The third kappa shape index (κ3) is 5.30. The minimum Gasteiger partial charge on any atom is -0.396 e. The highest BCUT2D eigenvalue weighted by Crippen LogP contribution is 2.07. The summed E-state index contributed by atoms with van der Waals surface area (Å²) in [5, 5.41) is 14.5. The normalized spacial score (nSPS) is 15.2. The highest BCUT2D eigenvalue weighted by Gasteiger charge is 2.13. The Balaban J connectivity index is 2.43. The summed E-state index contributed by atoms with van der Waals surface area (Å²) in [6.07, 6.45) is 1.63. The molecule has 0 fully saturated rings. The summed E-state index contributed by atoms with van der Waals surface area (Å²) in [5.74, 6) is 0.0135. The maximum absolute atomic E-state index is 11.7. The topological polar surface area (TPSA) is 78.4 Å². The molecule has 1 aromatic carbocycles. The summed E-state index contributed by atoms with van der Waals surface area (Å²) < 4.78 is 11.2. The predicted molar refractivity (Wildman–Crippen MR) is 79.9 cm³/mol. The van der Waals surface area contributed by atoms with Crippen LogP contribution in [0.15, 0.2) is 29.2 Å². The van der Waals surface area contributed by atoms with E-state index in [1.54, 1.807) is 18.4 Å². The van der Waals surface area contributed by atoms with E-state index >= 15 is 0 Å². The second-order valence-corrected chi connectivity index (χ2v) is 6.25. The molecule has 3 unspecified atom stereocenters. The first-order valence-electron chi connectivity index (χ1n) is 6.51. The largest absolute Gasteiger partial charge is 0.396 e. The Kier molecular flexibility index (Phi) is 6.67. The van der Waals surface area contributed by atoms with Crippen LogP contribution in [0.25, 0.3) is 0 Å². The van der Waals surface area contributed by atoms with E-state index in [4.69, 9.17) is 5.11 Å². The lowest BCUT2D eigenvalue weighted by Crippen LogP contribution is -2.43. The average molecular weight is 298 g/mol. The van der Waals surface area contributed by atoms with Crippen LogP contribution < -0.4 is 10.6 Å². The zero-order valence-corrected chi connectivity index (χ0v) is 12.9. The first-order chi connectivity index (χ1) is 9.43. The van der Waals surface area contributed by atoms with E-state index in [0.717, 1.165) is 10.5 Å². The van der Waals surface area contributed by atoms with E-state index in [2.05, 4.69) is 10.6 Å². The molecule has 0 bridgehead atoms. The van der Waals surface area contributed by atoms with Crippen LogP contribution in [-0.2, 0) is 17.3 Å². The van der Waals surface area contributed by atoms with Crippen LogP contribution in [0, 0.1) is 5.92 Å². The number of carbonyl (C=O) groups is 1. The zero-order chi connectivity index (χ0) is 15.1. The van der Waals surface area contributed by atoms with Crippen molar-refractivity contribution in [3.63, 3.8) is 0 Å². The van der Waals surface area contributed by atoms with Crippen molar-refractivity contribution in [3.8, 4) is 0 Å². The van der Waals surface area contributed by atoms with Gasteiger partial charge in [-0.3, -0.25) is 4.21 Å². The van der Waals surface area contributed by atoms with E-state index in [0.29, 0.717) is 6.54 Å². The lowest BCUT2D eigenvalue weighted by Gasteiger charge is -2.19. The average Bonchev–Trinajstić information content (AvgIpc) is 2.44. The fourth-order valence-corrected chi connectivity index (χ4v) is 2.06. The van der Waals surface area contributed by atoms with E-state index in [1.807, 2.05) is 26.0 Å². The zero-order valence-electron chi connectivity index (χ0n) is 12.1. The van der Waals surface area contributed by atoms with Crippen molar-refractivity contribution in [2.24, 2.45) is 5.92 Å². The molecule has 0 aliphatic rings. The second-order valence-electron chi connectivity index (χ2n) is 4.87. The standard InChI is InChI=1S/C14H22N2O3S/c1-10(9-17)11(2)16-14(18)15-8-12-4-6-13(7-5-12)20(3)19/h4-7,10-11,17H,8-9H2,1-3H3,(H2,15,16,18). The Hall–Kier alpha value is -1.40. The fourth-order valence-electron chi connectivity index (χ4n) is 1.54. The molecule has 3 atom stereocenters. The third-order valence-corrected chi connectivity index (χ3v) is 4.14. The Labute approximate surface area is 122 Å². The number of hydrogen-bond acceptors (Lipinski definition) is 3. The van der Waals surface area contributed by atoms with Gasteiger partial charge in [-0.1, -0.05) is 19.1 Å². The smallest absolute Gasteiger partial charge is 0.315 e. The van der Waals surface area contributed by atoms with Gasteiger partial charge in [-0.2, -0.15) is 0 Å². The van der Waals surface area contributed by atoms with Crippen molar-refractivity contribution in [1.29, 1.82) is 0 Å². The van der Waals surface area contributed by atoms with Crippen LogP contribution in [0.2, 0.25) is 0 Å². The van der Waals surface area contributed by atoms with Gasteiger partial charge in [0.25, 0.3) is 0 Å². The Bertz CT molecular complexity index is 462. The lowest BCUT2D eigenvalue weighted by molar-refractivity contribution is 0.200. The van der Waals surface area contributed by atoms with Crippen LogP contribution >= 0.6 is 0 Å². The van der Waals surface area contributed by atoms with Gasteiger partial charge in [-0.15, -0.1) is 0 Å². The molecule has 2 amide bonds. The number of hydrogen-bond donors (Lipinski definition) is 3. The number of benzene rings is 1. The molecule has 0 aliphatic heterocycles. The number of rotatable bonds is 6. The number of urea groups is 1. The molecule has 1 rings (SSSR count). The quantitative estimate of drug-likeness (QED) is 0.739. The molecule has 0 heterocycles. The summed E-state index contributed by atoms with van der Waals surface area (Å²) in [6.45, 7) is 4.17. The summed E-state index contributed by atoms with van der Waals surface area (Å²) in [6, 6.07) is 6.92. The SMILES string of the molecule is CC(CO)C(C)NC(=O)NCc1ccc(S(C)=O)cc1. The van der Waals surface area contributed by atoms with Crippen LogP contribution in [-0.4, -0.2) is 34.3 Å². The molecule has 0 radical (unpaired) electrons. The molecule has 3 N–H and O–H groups in total. The van der Waals surface area contributed by atoms with Gasteiger partial charge < -0.3 is 15.7 Å². The summed E-state index contributed by atoms with van der Waals surface area (Å²) in [7, 11) is -0.988. The molecule has 0 saturated heterocycles. The number of amides is 2. The van der Waals surface area contributed by atoms with Gasteiger partial charge in [-0.05, 0) is 30.5 Å². The predicted octanol–water partition coefficient (Wildman–Crippen LogP) is 1.24. The maximum Gasteiger partial charge on any atom is 0.315 e. The van der Waals surface area contributed by atoms with Gasteiger partial charge in [0, 0.05) is 41.1 Å². The van der Waals surface area contributed by atoms with Crippen LogP contribution in [0.3, 0.4) is 0 Å². The van der Waals surface area contributed by atoms with Gasteiger partial charge in [0.1, 0.15) is 0 Å².